The molecule has 0 amide bonds. The second-order valence-corrected chi connectivity index (χ2v) is 7.07. The van der Waals surface area contributed by atoms with Crippen molar-refractivity contribution in [1.82, 2.24) is 25.1 Å². The number of rotatable bonds is 3. The van der Waals surface area contributed by atoms with Gasteiger partial charge >= 0.3 is 6.18 Å². The maximum atomic E-state index is 12.8. The molecule has 0 unspecified atom stereocenters. The molecule has 2 atom stereocenters. The normalized spacial score (nSPS) is 19.1. The monoisotopic (exact) mass is 464 g/mol. The number of fused-ring (bicyclic) bond motifs is 1. The predicted molar refractivity (Wildman–Crippen MR) is 111 cm³/mol. The van der Waals surface area contributed by atoms with Gasteiger partial charge in [-0.15, -0.1) is 35.0 Å². The number of phenols is 1. The smallest absolute Gasteiger partial charge is 0.416 e. The first-order chi connectivity index (χ1) is 13.3. The van der Waals surface area contributed by atoms with E-state index in [-0.39, 0.29) is 42.1 Å². The molecule has 0 aliphatic carbocycles. The van der Waals surface area contributed by atoms with Crippen molar-refractivity contribution in [3.8, 4) is 17.0 Å². The average molecular weight is 465 g/mol. The third-order valence-corrected chi connectivity index (χ3v) is 4.81. The number of anilines is 1. The Kier molecular flexibility index (Phi) is 7.38. The van der Waals surface area contributed by atoms with Gasteiger partial charge in [-0.3, -0.25) is 0 Å². The lowest BCUT2D eigenvalue weighted by Crippen LogP contribution is -2.43. The lowest BCUT2D eigenvalue weighted by molar-refractivity contribution is -0.137. The zero-order valence-corrected chi connectivity index (χ0v) is 17.5. The third kappa shape index (κ3) is 4.71. The van der Waals surface area contributed by atoms with Crippen molar-refractivity contribution in [2.24, 2.45) is 5.92 Å². The number of alkyl halides is 3. The zero-order chi connectivity index (χ0) is 19.9. The van der Waals surface area contributed by atoms with Crippen LogP contribution in [0, 0.1) is 5.92 Å². The fourth-order valence-corrected chi connectivity index (χ4v) is 3.48. The van der Waals surface area contributed by atoms with Gasteiger partial charge in [-0.1, -0.05) is 6.92 Å². The number of benzene rings is 1. The maximum absolute atomic E-state index is 12.8. The van der Waals surface area contributed by atoms with E-state index >= 15 is 0 Å². The first-order valence-corrected chi connectivity index (χ1v) is 8.91. The second kappa shape index (κ2) is 9.23. The largest absolute Gasteiger partial charge is 0.507 e. The number of hydrogen-bond donors (Lipinski definition) is 3. The van der Waals surface area contributed by atoms with E-state index < -0.39 is 17.5 Å². The van der Waals surface area contributed by atoms with Crippen molar-refractivity contribution in [2.45, 2.75) is 25.6 Å². The van der Waals surface area contributed by atoms with Gasteiger partial charge < -0.3 is 15.7 Å². The van der Waals surface area contributed by atoms with Crippen LogP contribution in [0.5, 0.6) is 5.75 Å². The van der Waals surface area contributed by atoms with Crippen molar-refractivity contribution < 1.29 is 18.3 Å². The molecule has 3 N–H and O–H groups in total. The van der Waals surface area contributed by atoms with Gasteiger partial charge in [0.25, 0.3) is 0 Å². The van der Waals surface area contributed by atoms with E-state index in [1.807, 2.05) is 0 Å². The Morgan fingerprint density at radius 1 is 1.17 bits per heavy atom. The van der Waals surface area contributed by atoms with Gasteiger partial charge in [0.15, 0.2) is 0 Å². The molecule has 0 bridgehead atoms. The molecule has 1 fully saturated rings. The number of hydrogen-bond acceptors (Lipinski definition) is 6. The SMILES string of the molecule is C[C@H]1CNC[C@H](Nc2nnc(-c3ccc(C(F)(F)F)cc3O)c3ccnn23)C1.Cl.Cl. The molecule has 30 heavy (non-hydrogen) atoms. The molecular formula is C18H21Cl2F3N6O. The molecule has 3 aromatic rings. The van der Waals surface area contributed by atoms with E-state index in [1.165, 1.54) is 6.07 Å². The minimum Gasteiger partial charge on any atom is -0.507 e. The Labute approximate surface area is 182 Å². The fourth-order valence-electron chi connectivity index (χ4n) is 3.48. The van der Waals surface area contributed by atoms with Gasteiger partial charge in [0, 0.05) is 18.2 Å². The highest BCUT2D eigenvalue weighted by Crippen LogP contribution is 2.37. The van der Waals surface area contributed by atoms with Crippen molar-refractivity contribution >= 4 is 36.3 Å². The van der Waals surface area contributed by atoms with Crippen LogP contribution in [0.2, 0.25) is 0 Å². The number of nitrogens with zero attached hydrogens (tertiary/aromatic N) is 4. The molecule has 1 aliphatic heterocycles. The number of nitrogens with one attached hydrogen (secondary N) is 2. The summed E-state index contributed by atoms with van der Waals surface area (Å²) in [5.41, 5.74) is 0.0164. The van der Waals surface area contributed by atoms with E-state index in [0.717, 1.165) is 25.6 Å². The Bertz CT molecular complexity index is 1010. The highest BCUT2D eigenvalue weighted by molar-refractivity contribution is 5.85. The molecule has 0 spiro atoms. The molecule has 164 valence electrons. The van der Waals surface area contributed by atoms with Gasteiger partial charge in [0.05, 0.1) is 17.3 Å². The number of aromatic hydroxyl groups is 1. The first kappa shape index (κ1) is 24.0. The van der Waals surface area contributed by atoms with Gasteiger partial charge in [0.2, 0.25) is 5.95 Å². The summed E-state index contributed by atoms with van der Waals surface area (Å²) in [4.78, 5) is 0. The number of phenolic OH excluding ortho intramolecular Hbond substituents is 1. The average Bonchev–Trinajstić information content (AvgIpc) is 3.12. The van der Waals surface area contributed by atoms with Gasteiger partial charge in [-0.05, 0) is 43.1 Å². The van der Waals surface area contributed by atoms with Crippen molar-refractivity contribution in [2.75, 3.05) is 18.4 Å². The van der Waals surface area contributed by atoms with E-state index in [0.29, 0.717) is 23.4 Å². The molecule has 1 aliphatic rings. The van der Waals surface area contributed by atoms with E-state index in [4.69, 9.17) is 0 Å². The summed E-state index contributed by atoms with van der Waals surface area (Å²) in [7, 11) is 0. The summed E-state index contributed by atoms with van der Waals surface area (Å²) < 4.78 is 40.1. The lowest BCUT2D eigenvalue weighted by Gasteiger charge is -2.28. The van der Waals surface area contributed by atoms with Crippen molar-refractivity contribution in [3.05, 3.63) is 36.0 Å². The summed E-state index contributed by atoms with van der Waals surface area (Å²) in [5.74, 6) is 0.449. The minimum absolute atomic E-state index is 0. The number of halogens is 5. The molecule has 1 aromatic carbocycles. The van der Waals surface area contributed by atoms with Crippen molar-refractivity contribution in [1.29, 1.82) is 0 Å². The van der Waals surface area contributed by atoms with Crippen LogP contribution in [-0.2, 0) is 6.18 Å². The summed E-state index contributed by atoms with van der Waals surface area (Å²) in [6, 6.07) is 4.62. The topological polar surface area (TPSA) is 87.4 Å². The van der Waals surface area contributed by atoms with Crippen LogP contribution in [0.1, 0.15) is 18.9 Å². The highest BCUT2D eigenvalue weighted by atomic mass is 35.5. The minimum atomic E-state index is -4.54. The lowest BCUT2D eigenvalue weighted by atomic mass is 9.98. The van der Waals surface area contributed by atoms with Gasteiger partial charge in [-0.25, -0.2) is 0 Å². The molecule has 0 saturated carbocycles. The predicted octanol–water partition coefficient (Wildman–Crippen LogP) is 3.77. The van der Waals surface area contributed by atoms with Gasteiger partial charge in [-0.2, -0.15) is 22.8 Å². The molecule has 4 rings (SSSR count). The molecule has 0 radical (unpaired) electrons. The van der Waals surface area contributed by atoms with Gasteiger partial charge in [0.1, 0.15) is 11.4 Å². The van der Waals surface area contributed by atoms with Crippen LogP contribution in [-0.4, -0.2) is 44.0 Å². The highest BCUT2D eigenvalue weighted by Gasteiger charge is 2.31. The maximum Gasteiger partial charge on any atom is 0.416 e. The standard InChI is InChI=1S/C18H19F3N6O.2ClH/c1-10-6-12(9-22-8-10)24-17-26-25-16(14-4-5-23-27(14)17)13-3-2-11(7-15(13)28)18(19,20)21;;/h2-5,7,10,12,22,28H,6,8-9H2,1H3,(H,24,26);2*1H/t10-,12-;;/m1../s1. The summed E-state index contributed by atoms with van der Waals surface area (Å²) in [6.07, 6.45) is -2.01. The Morgan fingerprint density at radius 3 is 2.60 bits per heavy atom. The van der Waals surface area contributed by atoms with Crippen LogP contribution in [0.15, 0.2) is 30.5 Å². The van der Waals surface area contributed by atoms with Crippen LogP contribution < -0.4 is 10.6 Å². The van der Waals surface area contributed by atoms with E-state index in [1.54, 1.807) is 16.8 Å². The molecule has 1 saturated heterocycles. The zero-order valence-electron chi connectivity index (χ0n) is 15.8. The van der Waals surface area contributed by atoms with Crippen LogP contribution in [0.25, 0.3) is 16.8 Å². The summed E-state index contributed by atoms with van der Waals surface area (Å²) in [6.45, 7) is 3.91. The van der Waals surface area contributed by atoms with Crippen LogP contribution in [0.4, 0.5) is 19.1 Å². The Hall–Kier alpha value is -2.30. The quantitative estimate of drug-likeness (QED) is 0.546. The first-order valence-electron chi connectivity index (χ1n) is 8.91. The van der Waals surface area contributed by atoms with Crippen molar-refractivity contribution in [3.63, 3.8) is 0 Å². The molecular weight excluding hydrogens is 444 g/mol. The van der Waals surface area contributed by atoms with Crippen LogP contribution in [0.3, 0.4) is 0 Å². The third-order valence-electron chi connectivity index (χ3n) is 4.81. The summed E-state index contributed by atoms with van der Waals surface area (Å²) in [5, 5.41) is 29.4. The van der Waals surface area contributed by atoms with E-state index in [2.05, 4.69) is 32.9 Å². The fraction of sp³-hybridized carbons (Fsp3) is 0.389. The molecule has 2 aromatic heterocycles. The number of aromatic nitrogens is 4. The number of piperidine rings is 1. The second-order valence-electron chi connectivity index (χ2n) is 7.07. The Balaban J connectivity index is 0.00000160. The van der Waals surface area contributed by atoms with Crippen LogP contribution >= 0.6 is 24.8 Å². The molecule has 3 heterocycles. The van der Waals surface area contributed by atoms with E-state index in [9.17, 15) is 18.3 Å². The molecule has 7 nitrogen and oxygen atoms in total. The molecule has 12 heteroatoms. The Morgan fingerprint density at radius 2 is 1.93 bits per heavy atom. The summed E-state index contributed by atoms with van der Waals surface area (Å²) >= 11 is 0.